The number of rotatable bonds is 5. The molecule has 3 N–H and O–H groups in total. The molecule has 1 aromatic rings. The molecule has 0 radical (unpaired) electrons. The maximum absolute atomic E-state index is 12.2. The summed E-state index contributed by atoms with van der Waals surface area (Å²) in [6.07, 6.45) is 7.67. The van der Waals surface area contributed by atoms with Crippen LogP contribution in [0.3, 0.4) is 0 Å². The lowest BCUT2D eigenvalue weighted by molar-refractivity contribution is 0.0946. The zero-order chi connectivity index (χ0) is 14.4. The van der Waals surface area contributed by atoms with E-state index in [0.717, 1.165) is 19.3 Å². The minimum atomic E-state index is -0.0900. The number of allylic oxidation sites excluding steroid dienone is 2. The maximum Gasteiger partial charge on any atom is 0.251 e. The number of hydrogen-bond acceptors (Lipinski definition) is 3. The molecule has 1 aliphatic carbocycles. The number of nitrogen functional groups attached to an aromatic ring is 1. The number of carbonyl (C=O) groups is 1. The highest BCUT2D eigenvalue weighted by Crippen LogP contribution is 2.20. The Morgan fingerprint density at radius 3 is 2.95 bits per heavy atom. The van der Waals surface area contributed by atoms with E-state index < -0.39 is 0 Å². The summed E-state index contributed by atoms with van der Waals surface area (Å²) >= 11 is 0. The molecular formula is C16H22N2O2. The Hall–Kier alpha value is -1.97. The molecule has 4 heteroatoms. The molecular weight excluding hydrogens is 252 g/mol. The van der Waals surface area contributed by atoms with Crippen LogP contribution in [0.25, 0.3) is 0 Å². The lowest BCUT2D eigenvalue weighted by Gasteiger charge is -2.18. The van der Waals surface area contributed by atoms with Crippen LogP contribution in [0, 0.1) is 5.92 Å². The Balaban J connectivity index is 1.95. The van der Waals surface area contributed by atoms with Gasteiger partial charge >= 0.3 is 0 Å². The van der Waals surface area contributed by atoms with Crippen molar-refractivity contribution in [1.82, 2.24) is 5.32 Å². The van der Waals surface area contributed by atoms with Gasteiger partial charge in [0.15, 0.2) is 0 Å². The largest absolute Gasteiger partial charge is 0.494 e. The Morgan fingerprint density at radius 2 is 2.25 bits per heavy atom. The van der Waals surface area contributed by atoms with Gasteiger partial charge in [-0.25, -0.2) is 0 Å². The fraction of sp³-hybridized carbons (Fsp3) is 0.438. The van der Waals surface area contributed by atoms with E-state index >= 15 is 0 Å². The highest BCUT2D eigenvalue weighted by Gasteiger charge is 2.13. The van der Waals surface area contributed by atoms with Crippen LogP contribution >= 0.6 is 0 Å². The van der Waals surface area contributed by atoms with Gasteiger partial charge in [0.2, 0.25) is 0 Å². The van der Waals surface area contributed by atoms with E-state index in [1.54, 1.807) is 18.2 Å². The molecule has 20 heavy (non-hydrogen) atoms. The first kappa shape index (κ1) is 14.4. The molecule has 0 fully saturated rings. The SMILES string of the molecule is CCOc1cc(N)cc(C(=O)NCC2CC=CCC2)c1. The van der Waals surface area contributed by atoms with Gasteiger partial charge in [-0.3, -0.25) is 4.79 Å². The van der Waals surface area contributed by atoms with Crippen LogP contribution in [-0.4, -0.2) is 19.1 Å². The van der Waals surface area contributed by atoms with Crippen molar-refractivity contribution < 1.29 is 9.53 Å². The summed E-state index contributed by atoms with van der Waals surface area (Å²) < 4.78 is 5.40. The molecule has 0 saturated carbocycles. The lowest BCUT2D eigenvalue weighted by atomic mass is 9.94. The molecule has 0 bridgehead atoms. The molecule has 4 nitrogen and oxygen atoms in total. The topological polar surface area (TPSA) is 64.3 Å². The normalized spacial score (nSPS) is 17.8. The van der Waals surface area contributed by atoms with Crippen molar-refractivity contribution in [3.63, 3.8) is 0 Å². The van der Waals surface area contributed by atoms with Gasteiger partial charge in [0.25, 0.3) is 5.91 Å². The molecule has 0 saturated heterocycles. The number of ether oxygens (including phenoxy) is 1. The Kier molecular flexibility index (Phi) is 5.04. The summed E-state index contributed by atoms with van der Waals surface area (Å²) in [5.74, 6) is 1.09. The minimum Gasteiger partial charge on any atom is -0.494 e. The lowest BCUT2D eigenvalue weighted by Crippen LogP contribution is -2.29. The molecule has 1 amide bonds. The fourth-order valence-corrected chi connectivity index (χ4v) is 2.38. The summed E-state index contributed by atoms with van der Waals surface area (Å²) in [6.45, 7) is 3.17. The first-order valence-corrected chi connectivity index (χ1v) is 7.15. The molecule has 108 valence electrons. The molecule has 0 aromatic heterocycles. The smallest absolute Gasteiger partial charge is 0.251 e. The fourth-order valence-electron chi connectivity index (χ4n) is 2.38. The van der Waals surface area contributed by atoms with E-state index in [1.807, 2.05) is 6.92 Å². The predicted octanol–water partition coefficient (Wildman–Crippen LogP) is 2.75. The highest BCUT2D eigenvalue weighted by atomic mass is 16.5. The standard InChI is InChI=1S/C16H22N2O2/c1-2-20-15-9-13(8-14(17)10-15)16(19)18-11-12-6-4-3-5-7-12/h3-4,8-10,12H,2,5-7,11,17H2,1H3,(H,18,19). The zero-order valence-corrected chi connectivity index (χ0v) is 11.9. The van der Waals surface area contributed by atoms with Gasteiger partial charge < -0.3 is 15.8 Å². The monoisotopic (exact) mass is 274 g/mol. The second-order valence-electron chi connectivity index (χ2n) is 5.08. The van der Waals surface area contributed by atoms with Crippen LogP contribution in [0.4, 0.5) is 5.69 Å². The third-order valence-electron chi connectivity index (χ3n) is 3.43. The number of anilines is 1. The molecule has 0 spiro atoms. The number of nitrogens with two attached hydrogens (primary N) is 1. The van der Waals surface area contributed by atoms with Crippen molar-refractivity contribution in [1.29, 1.82) is 0 Å². The number of benzene rings is 1. The van der Waals surface area contributed by atoms with Gasteiger partial charge in [-0.2, -0.15) is 0 Å². The van der Waals surface area contributed by atoms with E-state index in [4.69, 9.17) is 10.5 Å². The number of hydrogen-bond donors (Lipinski definition) is 2. The quantitative estimate of drug-likeness (QED) is 0.641. The second-order valence-corrected chi connectivity index (χ2v) is 5.08. The van der Waals surface area contributed by atoms with E-state index in [9.17, 15) is 4.79 Å². The first-order valence-electron chi connectivity index (χ1n) is 7.15. The zero-order valence-electron chi connectivity index (χ0n) is 11.9. The van der Waals surface area contributed by atoms with Gasteiger partial charge in [-0.05, 0) is 44.2 Å². The van der Waals surface area contributed by atoms with Crippen LogP contribution in [0.2, 0.25) is 0 Å². The van der Waals surface area contributed by atoms with Gasteiger partial charge in [0, 0.05) is 23.9 Å². The van der Waals surface area contributed by atoms with Crippen LogP contribution in [0.5, 0.6) is 5.75 Å². The van der Waals surface area contributed by atoms with E-state index in [1.165, 1.54) is 0 Å². The van der Waals surface area contributed by atoms with Crippen molar-refractivity contribution in [2.45, 2.75) is 26.2 Å². The Labute approximate surface area is 120 Å². The number of amides is 1. The van der Waals surface area contributed by atoms with Gasteiger partial charge in [0.1, 0.15) is 5.75 Å². The van der Waals surface area contributed by atoms with Gasteiger partial charge in [-0.1, -0.05) is 12.2 Å². The summed E-state index contributed by atoms with van der Waals surface area (Å²) in [5, 5.41) is 2.98. The highest BCUT2D eigenvalue weighted by molar-refractivity contribution is 5.95. The second kappa shape index (κ2) is 6.98. The molecule has 1 atom stereocenters. The molecule has 0 heterocycles. The van der Waals surface area contributed by atoms with Crippen molar-refractivity contribution in [2.24, 2.45) is 5.92 Å². The average Bonchev–Trinajstić information content (AvgIpc) is 2.45. The van der Waals surface area contributed by atoms with Gasteiger partial charge in [0.05, 0.1) is 6.61 Å². The molecule has 1 aliphatic rings. The number of nitrogens with one attached hydrogen (secondary N) is 1. The molecule has 2 rings (SSSR count). The van der Waals surface area contributed by atoms with Crippen LogP contribution in [-0.2, 0) is 0 Å². The van der Waals surface area contributed by atoms with Crippen molar-refractivity contribution >= 4 is 11.6 Å². The summed E-state index contributed by atoms with van der Waals surface area (Å²) in [7, 11) is 0. The van der Waals surface area contributed by atoms with E-state index in [0.29, 0.717) is 36.1 Å². The summed E-state index contributed by atoms with van der Waals surface area (Å²) in [4.78, 5) is 12.2. The number of carbonyl (C=O) groups excluding carboxylic acids is 1. The third kappa shape index (κ3) is 4.02. The van der Waals surface area contributed by atoms with Gasteiger partial charge in [-0.15, -0.1) is 0 Å². The Bertz CT molecular complexity index is 497. The van der Waals surface area contributed by atoms with Crippen LogP contribution in [0.15, 0.2) is 30.4 Å². The van der Waals surface area contributed by atoms with Crippen LogP contribution < -0.4 is 15.8 Å². The van der Waals surface area contributed by atoms with Crippen molar-refractivity contribution in [2.75, 3.05) is 18.9 Å². The molecule has 0 aliphatic heterocycles. The average molecular weight is 274 g/mol. The first-order chi connectivity index (χ1) is 9.69. The van der Waals surface area contributed by atoms with E-state index in [2.05, 4.69) is 17.5 Å². The van der Waals surface area contributed by atoms with Crippen LogP contribution in [0.1, 0.15) is 36.5 Å². The van der Waals surface area contributed by atoms with E-state index in [-0.39, 0.29) is 5.91 Å². The minimum absolute atomic E-state index is 0.0900. The molecule has 1 unspecified atom stereocenters. The van der Waals surface area contributed by atoms with Crippen molar-refractivity contribution in [3.05, 3.63) is 35.9 Å². The van der Waals surface area contributed by atoms with Crippen molar-refractivity contribution in [3.8, 4) is 5.75 Å². The third-order valence-corrected chi connectivity index (χ3v) is 3.43. The molecule has 1 aromatic carbocycles. The summed E-state index contributed by atoms with van der Waals surface area (Å²) in [5.41, 5.74) is 6.90. The maximum atomic E-state index is 12.2. The summed E-state index contributed by atoms with van der Waals surface area (Å²) in [6, 6.07) is 5.14. The predicted molar refractivity (Wildman–Crippen MR) is 80.8 cm³/mol. The Morgan fingerprint density at radius 1 is 1.40 bits per heavy atom.